The highest BCUT2D eigenvalue weighted by molar-refractivity contribution is 5.79. The third kappa shape index (κ3) is 5.21. The largest absolute Gasteiger partial charge is 0.464 e. The first-order valence-corrected chi connectivity index (χ1v) is 14.7. The molecule has 1 aliphatic heterocycles. The lowest BCUT2D eigenvalue weighted by molar-refractivity contribution is -0.151. The number of carbonyl (C=O) groups is 1. The van der Waals surface area contributed by atoms with Crippen molar-refractivity contribution in [1.29, 1.82) is 0 Å². The van der Waals surface area contributed by atoms with Crippen molar-refractivity contribution < 1.29 is 9.53 Å². The zero-order valence-corrected chi connectivity index (χ0v) is 23.4. The van der Waals surface area contributed by atoms with Crippen LogP contribution in [0.1, 0.15) is 33.9 Å². The number of nitrogens with one attached hydrogen (secondary N) is 2. The Morgan fingerprint density at radius 1 is 0.857 bits per heavy atom. The van der Waals surface area contributed by atoms with E-state index in [1.165, 1.54) is 27.8 Å². The number of esters is 1. The summed E-state index contributed by atoms with van der Waals surface area (Å²) >= 11 is 0. The Balaban J connectivity index is 1.19. The maximum absolute atomic E-state index is 14.2. The van der Waals surface area contributed by atoms with Crippen molar-refractivity contribution in [2.75, 3.05) is 18.6 Å². The van der Waals surface area contributed by atoms with Gasteiger partial charge < -0.3 is 15.1 Å². The molecule has 7 rings (SSSR count). The van der Waals surface area contributed by atoms with E-state index in [9.17, 15) is 4.79 Å². The Bertz CT molecular complexity index is 1620. The summed E-state index contributed by atoms with van der Waals surface area (Å²) in [4.78, 5) is 21.7. The van der Waals surface area contributed by atoms with Crippen LogP contribution in [0.3, 0.4) is 0 Å². The molecule has 0 amide bonds. The highest BCUT2D eigenvalue weighted by atomic mass is 16.5. The molecule has 6 nitrogen and oxygen atoms in total. The van der Waals surface area contributed by atoms with Gasteiger partial charge in [-0.2, -0.15) is 0 Å². The molecular weight excluding hydrogens is 520 g/mol. The highest BCUT2D eigenvalue weighted by Gasteiger charge is 2.39. The number of nitrogens with zero attached hydrogens (tertiary/aromatic N) is 2. The monoisotopic (exact) mass is 554 g/mol. The molecule has 0 bridgehead atoms. The fraction of sp³-hybridized carbons (Fsp3) is 0.222. The first-order chi connectivity index (χ1) is 20.7. The van der Waals surface area contributed by atoms with Crippen LogP contribution in [-0.2, 0) is 28.8 Å². The molecule has 4 aromatic carbocycles. The Labute approximate surface area is 246 Å². The number of imidazole rings is 1. The number of ether oxygens (including phenoxy) is 1. The van der Waals surface area contributed by atoms with E-state index in [-0.39, 0.29) is 23.8 Å². The van der Waals surface area contributed by atoms with Crippen LogP contribution in [0, 0.1) is 5.92 Å². The Hall–Kier alpha value is -4.68. The molecule has 1 aromatic heterocycles. The summed E-state index contributed by atoms with van der Waals surface area (Å²) in [6.45, 7) is 1.06. The van der Waals surface area contributed by atoms with Crippen LogP contribution in [0.2, 0.25) is 0 Å². The average Bonchev–Trinajstić information content (AvgIpc) is 3.63. The van der Waals surface area contributed by atoms with Crippen LogP contribution in [0.4, 0.5) is 5.69 Å². The minimum atomic E-state index is -0.368. The van der Waals surface area contributed by atoms with Crippen molar-refractivity contribution in [3.63, 3.8) is 0 Å². The molecule has 6 heteroatoms. The van der Waals surface area contributed by atoms with Gasteiger partial charge in [-0.1, -0.05) is 97.1 Å². The average molecular weight is 555 g/mol. The lowest BCUT2D eigenvalue weighted by atomic mass is 9.89. The zero-order valence-electron chi connectivity index (χ0n) is 23.4. The number of aromatic nitrogens is 2. The fourth-order valence-corrected chi connectivity index (χ4v) is 6.58. The molecule has 0 saturated carbocycles. The number of anilines is 1. The van der Waals surface area contributed by atoms with E-state index in [4.69, 9.17) is 4.74 Å². The number of aromatic amines is 1. The van der Waals surface area contributed by atoms with E-state index in [1.807, 2.05) is 24.4 Å². The van der Waals surface area contributed by atoms with Gasteiger partial charge in [-0.15, -0.1) is 0 Å². The summed E-state index contributed by atoms with van der Waals surface area (Å²) in [5.74, 6) is -0.505. The van der Waals surface area contributed by atoms with Gasteiger partial charge in [0.2, 0.25) is 0 Å². The van der Waals surface area contributed by atoms with Crippen LogP contribution in [0.25, 0.3) is 11.1 Å². The molecule has 2 atom stereocenters. The topological polar surface area (TPSA) is 70.2 Å². The molecule has 42 heavy (non-hydrogen) atoms. The van der Waals surface area contributed by atoms with Crippen molar-refractivity contribution in [3.8, 4) is 11.1 Å². The molecule has 0 radical (unpaired) electrons. The lowest BCUT2D eigenvalue weighted by Gasteiger charge is -2.34. The van der Waals surface area contributed by atoms with Gasteiger partial charge in [0.15, 0.2) is 0 Å². The van der Waals surface area contributed by atoms with Gasteiger partial charge >= 0.3 is 5.97 Å². The first-order valence-electron chi connectivity index (χ1n) is 14.7. The van der Waals surface area contributed by atoms with Gasteiger partial charge in [0.25, 0.3) is 0 Å². The number of benzene rings is 4. The van der Waals surface area contributed by atoms with E-state index in [1.54, 1.807) is 6.33 Å². The van der Waals surface area contributed by atoms with Gasteiger partial charge in [0.1, 0.15) is 6.61 Å². The quantitative estimate of drug-likeness (QED) is 0.217. The SMILES string of the molecule is O=C(OCC1c2ccccc2-c2ccccc21)C1Cc2ccccc2NN(CCc2ccccc2)C1Cc1cnc[nH]1. The van der Waals surface area contributed by atoms with E-state index in [2.05, 4.69) is 105 Å². The number of carbonyl (C=O) groups excluding carboxylic acids is 1. The van der Waals surface area contributed by atoms with Crippen molar-refractivity contribution in [2.24, 2.45) is 5.92 Å². The zero-order chi connectivity index (χ0) is 28.3. The van der Waals surface area contributed by atoms with Gasteiger partial charge in [0, 0.05) is 36.8 Å². The minimum absolute atomic E-state index is 0.0257. The predicted octanol–water partition coefficient (Wildman–Crippen LogP) is 6.42. The molecule has 0 spiro atoms. The summed E-state index contributed by atoms with van der Waals surface area (Å²) < 4.78 is 6.29. The van der Waals surface area contributed by atoms with E-state index in [0.717, 1.165) is 29.9 Å². The summed E-state index contributed by atoms with van der Waals surface area (Å²) in [5, 5.41) is 2.24. The van der Waals surface area contributed by atoms with E-state index in [0.29, 0.717) is 19.4 Å². The fourth-order valence-electron chi connectivity index (χ4n) is 6.58. The number of fused-ring (bicyclic) bond motifs is 4. The number of rotatable bonds is 8. The van der Waals surface area contributed by atoms with Gasteiger partial charge in [-0.05, 0) is 52.3 Å². The van der Waals surface area contributed by atoms with Crippen LogP contribution in [0.15, 0.2) is 116 Å². The molecule has 0 fully saturated rings. The van der Waals surface area contributed by atoms with Crippen molar-refractivity contribution in [3.05, 3.63) is 144 Å². The molecule has 2 aliphatic rings. The molecule has 5 aromatic rings. The van der Waals surface area contributed by atoms with Crippen molar-refractivity contribution >= 4 is 11.7 Å². The first kappa shape index (κ1) is 26.2. The molecule has 210 valence electrons. The highest BCUT2D eigenvalue weighted by Crippen LogP contribution is 2.44. The molecule has 1 aliphatic carbocycles. The summed E-state index contributed by atoms with van der Waals surface area (Å²) in [6.07, 6.45) is 5.64. The van der Waals surface area contributed by atoms with Crippen LogP contribution < -0.4 is 5.43 Å². The third-order valence-electron chi connectivity index (χ3n) is 8.71. The van der Waals surface area contributed by atoms with E-state index >= 15 is 0 Å². The summed E-state index contributed by atoms with van der Waals surface area (Å²) in [6, 6.07) is 35.6. The smallest absolute Gasteiger partial charge is 0.310 e. The number of hydrazine groups is 1. The summed E-state index contributed by atoms with van der Waals surface area (Å²) in [7, 11) is 0. The Morgan fingerprint density at radius 2 is 1.55 bits per heavy atom. The molecule has 2 N–H and O–H groups in total. The van der Waals surface area contributed by atoms with Crippen LogP contribution in [-0.4, -0.2) is 40.1 Å². The minimum Gasteiger partial charge on any atom is -0.464 e. The van der Waals surface area contributed by atoms with Crippen molar-refractivity contribution in [1.82, 2.24) is 15.0 Å². The van der Waals surface area contributed by atoms with Gasteiger partial charge in [-0.25, -0.2) is 9.99 Å². The second-order valence-corrected chi connectivity index (χ2v) is 11.2. The normalized spacial score (nSPS) is 17.9. The maximum atomic E-state index is 14.2. The standard InChI is InChI=1S/C36H34N4O2/c41-36(42-23-33-30-15-7-5-13-28(30)29-14-6-8-16-31(29)33)32-20-26-12-4-9-17-34(26)39-40(19-18-25-10-2-1-3-11-25)35(32)21-27-22-37-24-38-27/h1-17,22,24,32-33,35,39H,18-21,23H2,(H,37,38). The Kier molecular flexibility index (Phi) is 7.29. The number of para-hydroxylation sites is 1. The lowest BCUT2D eigenvalue weighted by Crippen LogP contribution is -2.48. The third-order valence-corrected chi connectivity index (χ3v) is 8.71. The molecule has 0 saturated heterocycles. The maximum Gasteiger partial charge on any atom is 0.310 e. The second kappa shape index (κ2) is 11.7. The molecule has 2 heterocycles. The van der Waals surface area contributed by atoms with Crippen LogP contribution in [0.5, 0.6) is 0 Å². The number of hydrogen-bond acceptors (Lipinski definition) is 5. The second-order valence-electron chi connectivity index (χ2n) is 11.2. The Morgan fingerprint density at radius 3 is 2.29 bits per heavy atom. The predicted molar refractivity (Wildman–Crippen MR) is 165 cm³/mol. The van der Waals surface area contributed by atoms with Crippen molar-refractivity contribution in [2.45, 2.75) is 31.2 Å². The van der Waals surface area contributed by atoms with Crippen LogP contribution >= 0.6 is 0 Å². The van der Waals surface area contributed by atoms with E-state index < -0.39 is 0 Å². The number of H-pyrrole nitrogens is 1. The summed E-state index contributed by atoms with van der Waals surface area (Å²) in [5.41, 5.74) is 13.0. The number of hydrogen-bond donors (Lipinski definition) is 2. The van der Waals surface area contributed by atoms with Gasteiger partial charge in [0.05, 0.1) is 17.9 Å². The van der Waals surface area contributed by atoms with Gasteiger partial charge in [-0.3, -0.25) is 4.79 Å². The molecule has 2 unspecified atom stereocenters. The molecular formula is C36H34N4O2.